The number of aromatic nitrogens is 2. The van der Waals surface area contributed by atoms with Crippen molar-refractivity contribution in [2.24, 2.45) is 5.92 Å². The number of carboxylic acid groups (broad SMARTS) is 1. The maximum Gasteiger partial charge on any atom is 0.340 e. The summed E-state index contributed by atoms with van der Waals surface area (Å²) in [6.07, 6.45) is 1.95. The summed E-state index contributed by atoms with van der Waals surface area (Å²) < 4.78 is 25.8. The number of H-pyrrole nitrogens is 1. The molecule has 0 saturated heterocycles. The first kappa shape index (κ1) is 13.0. The van der Waals surface area contributed by atoms with Crippen LogP contribution in [0.5, 0.6) is 0 Å². The van der Waals surface area contributed by atoms with E-state index in [0.717, 1.165) is 19.0 Å². The molecule has 8 nitrogen and oxygen atoms in total. The zero-order valence-corrected chi connectivity index (χ0v) is 10.1. The molecule has 0 amide bonds. The van der Waals surface area contributed by atoms with Crippen LogP contribution in [0.25, 0.3) is 0 Å². The third kappa shape index (κ3) is 2.68. The number of hydrogen-bond donors (Lipinski definition) is 4. The van der Waals surface area contributed by atoms with Crippen molar-refractivity contribution in [3.05, 3.63) is 11.8 Å². The van der Waals surface area contributed by atoms with Gasteiger partial charge in [-0.1, -0.05) is 0 Å². The Labute approximate surface area is 103 Å². The van der Waals surface area contributed by atoms with Gasteiger partial charge >= 0.3 is 5.97 Å². The Bertz CT molecular complexity index is 548. The number of rotatable bonds is 6. The predicted octanol–water partition coefficient (Wildman–Crippen LogP) is -0.843. The van der Waals surface area contributed by atoms with Crippen LogP contribution >= 0.6 is 0 Å². The Balaban J connectivity index is 2.09. The summed E-state index contributed by atoms with van der Waals surface area (Å²) in [6, 6.07) is 0. The number of nitrogens with zero attached hydrogens (tertiary/aromatic N) is 1. The van der Waals surface area contributed by atoms with Crippen molar-refractivity contribution in [2.75, 3.05) is 6.54 Å². The Hall–Kier alpha value is -1.45. The van der Waals surface area contributed by atoms with Crippen molar-refractivity contribution < 1.29 is 23.4 Å². The van der Waals surface area contributed by atoms with Gasteiger partial charge in [0, 0.05) is 6.54 Å². The summed E-state index contributed by atoms with van der Waals surface area (Å²) in [4.78, 5) is 10.8. The highest BCUT2D eigenvalue weighted by Crippen LogP contribution is 2.32. The van der Waals surface area contributed by atoms with Crippen LogP contribution in [0.15, 0.2) is 11.2 Å². The second kappa shape index (κ2) is 4.67. The van der Waals surface area contributed by atoms with Crippen LogP contribution in [0.4, 0.5) is 0 Å². The lowest BCUT2D eigenvalue weighted by atomic mass is 10.2. The van der Waals surface area contributed by atoms with Gasteiger partial charge in [0.05, 0.1) is 12.3 Å². The maximum atomic E-state index is 11.8. The van der Waals surface area contributed by atoms with E-state index in [9.17, 15) is 18.3 Å². The minimum absolute atomic E-state index is 0.133. The molecule has 1 aliphatic carbocycles. The van der Waals surface area contributed by atoms with Crippen molar-refractivity contribution in [1.29, 1.82) is 0 Å². The normalized spacial score (nSPS) is 17.6. The highest BCUT2D eigenvalue weighted by molar-refractivity contribution is 7.89. The van der Waals surface area contributed by atoms with Crippen LogP contribution in [0, 0.1) is 5.92 Å². The topological polar surface area (TPSA) is 132 Å². The molecule has 0 aliphatic heterocycles. The van der Waals surface area contributed by atoms with E-state index in [2.05, 4.69) is 14.9 Å². The summed E-state index contributed by atoms with van der Waals surface area (Å²) in [7, 11) is -4.00. The molecule has 1 unspecified atom stereocenters. The lowest BCUT2D eigenvalue weighted by Crippen LogP contribution is -2.34. The van der Waals surface area contributed by atoms with Crippen LogP contribution in [-0.2, 0) is 10.0 Å². The average Bonchev–Trinajstić information content (AvgIpc) is 3.01. The molecule has 1 aliphatic rings. The van der Waals surface area contributed by atoms with Crippen LogP contribution < -0.4 is 4.72 Å². The summed E-state index contributed by atoms with van der Waals surface area (Å²) in [5.74, 6) is -1.25. The van der Waals surface area contributed by atoms with Gasteiger partial charge in [-0.15, -0.1) is 0 Å². The molecule has 1 atom stereocenters. The summed E-state index contributed by atoms with van der Waals surface area (Å²) in [5.41, 5.74) is -0.427. The van der Waals surface area contributed by atoms with E-state index in [-0.39, 0.29) is 12.5 Å². The molecule has 1 aromatic heterocycles. The van der Waals surface area contributed by atoms with Gasteiger partial charge in [-0.25, -0.2) is 17.9 Å². The van der Waals surface area contributed by atoms with Crippen molar-refractivity contribution in [1.82, 2.24) is 14.9 Å². The first-order valence-electron chi connectivity index (χ1n) is 5.36. The van der Waals surface area contributed by atoms with E-state index in [1.54, 1.807) is 0 Å². The van der Waals surface area contributed by atoms with Crippen LogP contribution in [0.1, 0.15) is 23.2 Å². The Morgan fingerprint density at radius 1 is 1.61 bits per heavy atom. The molecule has 1 fully saturated rings. The van der Waals surface area contributed by atoms with Gasteiger partial charge in [0.1, 0.15) is 5.56 Å². The van der Waals surface area contributed by atoms with Crippen LogP contribution in [0.3, 0.4) is 0 Å². The number of sulfonamides is 1. The number of aromatic carboxylic acids is 1. The predicted molar refractivity (Wildman–Crippen MR) is 59.5 cm³/mol. The maximum absolute atomic E-state index is 11.8. The molecule has 0 bridgehead atoms. The molecule has 18 heavy (non-hydrogen) atoms. The molecule has 2 rings (SSSR count). The van der Waals surface area contributed by atoms with Gasteiger partial charge in [0.2, 0.25) is 0 Å². The Morgan fingerprint density at radius 3 is 2.83 bits per heavy atom. The number of carbonyl (C=O) groups is 1. The minimum atomic E-state index is -4.00. The Kier molecular flexibility index (Phi) is 3.37. The zero-order chi connectivity index (χ0) is 13.3. The van der Waals surface area contributed by atoms with Crippen molar-refractivity contribution >= 4 is 16.0 Å². The standard InChI is InChI=1S/C9H13N3O5S/c13-7(5-1-2-5)4-11-18(16,17)8-6(9(14)15)3-10-12-8/h3,5,7,11,13H,1-2,4H2,(H,10,12)(H,14,15). The van der Waals surface area contributed by atoms with E-state index in [4.69, 9.17) is 5.11 Å². The second-order valence-corrected chi connectivity index (χ2v) is 5.88. The largest absolute Gasteiger partial charge is 0.478 e. The molecule has 1 aromatic rings. The number of hydrogen-bond acceptors (Lipinski definition) is 5. The summed E-state index contributed by atoms with van der Waals surface area (Å²) in [5, 5.41) is 23.4. The fourth-order valence-corrected chi connectivity index (χ4v) is 2.68. The van der Waals surface area contributed by atoms with Gasteiger partial charge in [0.25, 0.3) is 10.0 Å². The lowest BCUT2D eigenvalue weighted by Gasteiger charge is -2.10. The van der Waals surface area contributed by atoms with Crippen molar-refractivity contribution in [3.8, 4) is 0 Å². The molecule has 0 radical (unpaired) electrons. The van der Waals surface area contributed by atoms with Gasteiger partial charge < -0.3 is 10.2 Å². The molecular formula is C9H13N3O5S. The number of carboxylic acids is 1. The van der Waals surface area contributed by atoms with Gasteiger partial charge in [-0.2, -0.15) is 5.10 Å². The third-order valence-electron chi connectivity index (χ3n) is 2.75. The summed E-state index contributed by atoms with van der Waals surface area (Å²) >= 11 is 0. The van der Waals surface area contributed by atoms with E-state index in [1.807, 2.05) is 0 Å². The fraction of sp³-hybridized carbons (Fsp3) is 0.556. The molecule has 0 aromatic carbocycles. The highest BCUT2D eigenvalue weighted by atomic mass is 32.2. The van der Waals surface area contributed by atoms with Gasteiger partial charge in [-0.05, 0) is 18.8 Å². The first-order chi connectivity index (χ1) is 8.42. The average molecular weight is 275 g/mol. The number of aromatic amines is 1. The smallest absolute Gasteiger partial charge is 0.340 e. The first-order valence-corrected chi connectivity index (χ1v) is 6.84. The molecule has 4 N–H and O–H groups in total. The Morgan fingerprint density at radius 2 is 2.28 bits per heavy atom. The number of nitrogens with one attached hydrogen (secondary N) is 2. The highest BCUT2D eigenvalue weighted by Gasteiger charge is 2.31. The van der Waals surface area contributed by atoms with Crippen LogP contribution in [-0.4, -0.2) is 47.4 Å². The quantitative estimate of drug-likeness (QED) is 0.535. The molecular weight excluding hydrogens is 262 g/mol. The fourth-order valence-electron chi connectivity index (χ4n) is 1.55. The summed E-state index contributed by atoms with van der Waals surface area (Å²) in [6.45, 7) is -0.134. The van der Waals surface area contributed by atoms with E-state index in [1.165, 1.54) is 0 Å². The lowest BCUT2D eigenvalue weighted by molar-refractivity contribution is 0.0692. The molecule has 9 heteroatoms. The van der Waals surface area contributed by atoms with Gasteiger partial charge in [0.15, 0.2) is 5.03 Å². The van der Waals surface area contributed by atoms with Crippen molar-refractivity contribution in [2.45, 2.75) is 24.0 Å². The SMILES string of the molecule is O=C(O)c1cn[nH]c1S(=O)(=O)NCC(O)C1CC1. The molecule has 1 heterocycles. The minimum Gasteiger partial charge on any atom is -0.478 e. The molecule has 100 valence electrons. The van der Waals surface area contributed by atoms with Crippen LogP contribution in [0.2, 0.25) is 0 Å². The third-order valence-corrected chi connectivity index (χ3v) is 4.15. The molecule has 0 spiro atoms. The number of aliphatic hydroxyl groups excluding tert-OH is 1. The van der Waals surface area contributed by atoms with E-state index in [0.29, 0.717) is 0 Å². The molecule has 1 saturated carbocycles. The monoisotopic (exact) mass is 275 g/mol. The van der Waals surface area contributed by atoms with E-state index >= 15 is 0 Å². The van der Waals surface area contributed by atoms with E-state index < -0.39 is 32.7 Å². The zero-order valence-electron chi connectivity index (χ0n) is 9.33. The van der Waals surface area contributed by atoms with Crippen molar-refractivity contribution in [3.63, 3.8) is 0 Å². The second-order valence-electron chi connectivity index (χ2n) is 4.17. The number of aliphatic hydroxyl groups is 1. The van der Waals surface area contributed by atoms with Gasteiger partial charge in [-0.3, -0.25) is 5.10 Å².